The lowest BCUT2D eigenvalue weighted by molar-refractivity contribution is 1.20. The Bertz CT molecular complexity index is 747. The van der Waals surface area contributed by atoms with Crippen molar-refractivity contribution in [1.29, 1.82) is 0 Å². The molecule has 0 nitrogen and oxygen atoms in total. The van der Waals surface area contributed by atoms with E-state index in [0.29, 0.717) is 0 Å². The van der Waals surface area contributed by atoms with E-state index in [9.17, 15) is 0 Å². The van der Waals surface area contributed by atoms with E-state index in [1.165, 1.54) is 31.4 Å². The fourth-order valence-electron chi connectivity index (χ4n) is 2.78. The van der Waals surface area contributed by atoms with Crippen LogP contribution < -0.4 is 0 Å². The van der Waals surface area contributed by atoms with Gasteiger partial charge in [0, 0.05) is 14.7 Å². The Morgan fingerprint density at radius 2 is 1.00 bits per heavy atom. The van der Waals surface area contributed by atoms with Crippen LogP contribution in [0.5, 0.6) is 0 Å². The maximum absolute atomic E-state index is 4.19. The Labute approximate surface area is 148 Å². The fourth-order valence-corrected chi connectivity index (χ4v) is 7.20. The highest BCUT2D eigenvalue weighted by atomic mass is 79.9. The van der Waals surface area contributed by atoms with Crippen molar-refractivity contribution in [3.63, 3.8) is 0 Å². The minimum Gasteiger partial charge on any atom is -0.101 e. The summed E-state index contributed by atoms with van der Waals surface area (Å²) in [5.74, 6) is 0. The summed E-state index contributed by atoms with van der Waals surface area (Å²) in [7, 11) is -1.42. The average Bonchev–Trinajstić information content (AvgIpc) is 2.60. The van der Waals surface area contributed by atoms with E-state index in [-0.39, 0.29) is 0 Å². The van der Waals surface area contributed by atoms with Crippen LogP contribution in [0.3, 0.4) is 0 Å². The molecule has 0 atom stereocenters. The Kier molecular flexibility index (Phi) is 4.65. The standard InChI is InChI=1S/C21H21BrS/c1-16-14-21(15-17(2)18(16)3)23(22,19-10-6-4-7-11-19)20-12-8-5-9-13-20/h4-15H,1-3H3. The zero-order valence-electron chi connectivity index (χ0n) is 13.7. The molecule has 0 aromatic heterocycles. The number of aryl methyl sites for hydroxylation is 2. The number of rotatable bonds is 3. The smallest absolute Gasteiger partial charge is 0.00838 e. The van der Waals surface area contributed by atoms with Crippen LogP contribution in [0.4, 0.5) is 0 Å². The van der Waals surface area contributed by atoms with E-state index >= 15 is 0 Å². The SMILES string of the molecule is Cc1cc(S(Br)(c2ccccc2)c2ccccc2)cc(C)c1C. The second-order valence-electron chi connectivity index (χ2n) is 5.85. The normalized spacial score (nSPS) is 12.2. The van der Waals surface area contributed by atoms with Crippen molar-refractivity contribution in [1.82, 2.24) is 0 Å². The molecule has 0 saturated heterocycles. The molecule has 0 spiro atoms. The number of hydrogen-bond acceptors (Lipinski definition) is 0. The minimum atomic E-state index is -1.42. The predicted molar refractivity (Wildman–Crippen MR) is 105 cm³/mol. The van der Waals surface area contributed by atoms with Crippen molar-refractivity contribution in [3.8, 4) is 0 Å². The Morgan fingerprint density at radius 1 is 0.609 bits per heavy atom. The van der Waals surface area contributed by atoms with Gasteiger partial charge in [0.05, 0.1) is 0 Å². The van der Waals surface area contributed by atoms with Crippen LogP contribution >= 0.6 is 23.3 Å². The molecule has 2 heteroatoms. The first-order valence-electron chi connectivity index (χ1n) is 7.74. The molecule has 23 heavy (non-hydrogen) atoms. The predicted octanol–water partition coefficient (Wildman–Crippen LogP) is 7.20. The number of benzene rings is 3. The first-order valence-corrected chi connectivity index (χ1v) is 11.2. The lowest BCUT2D eigenvalue weighted by atomic mass is 10.1. The summed E-state index contributed by atoms with van der Waals surface area (Å²) in [5.41, 5.74) is 4.08. The zero-order chi connectivity index (χ0) is 16.4. The van der Waals surface area contributed by atoms with Crippen molar-refractivity contribution in [3.05, 3.63) is 89.5 Å². The molecule has 0 amide bonds. The first kappa shape index (κ1) is 16.4. The summed E-state index contributed by atoms with van der Waals surface area (Å²) < 4.78 is 0. The summed E-state index contributed by atoms with van der Waals surface area (Å²) >= 11 is 4.19. The van der Waals surface area contributed by atoms with Gasteiger partial charge in [0.1, 0.15) is 0 Å². The van der Waals surface area contributed by atoms with Crippen LogP contribution in [-0.4, -0.2) is 0 Å². The first-order chi connectivity index (χ1) is 11.0. The lowest BCUT2D eigenvalue weighted by Crippen LogP contribution is -1.99. The molecule has 3 rings (SSSR count). The third kappa shape index (κ3) is 2.98. The highest BCUT2D eigenvalue weighted by Crippen LogP contribution is 2.74. The topological polar surface area (TPSA) is 0 Å². The number of hydrogen-bond donors (Lipinski definition) is 0. The summed E-state index contributed by atoms with van der Waals surface area (Å²) in [5, 5.41) is 0. The maximum Gasteiger partial charge on any atom is 0.00838 e. The van der Waals surface area contributed by atoms with Crippen molar-refractivity contribution >= 4 is 23.3 Å². The largest absolute Gasteiger partial charge is 0.101 e. The van der Waals surface area contributed by atoms with Gasteiger partial charge in [-0.1, -0.05) is 36.4 Å². The molecule has 0 fully saturated rings. The zero-order valence-corrected chi connectivity index (χ0v) is 16.1. The highest BCUT2D eigenvalue weighted by Gasteiger charge is 2.28. The van der Waals surface area contributed by atoms with Gasteiger partial charge in [0.2, 0.25) is 0 Å². The molecular formula is C21H21BrS. The van der Waals surface area contributed by atoms with E-state index in [0.717, 1.165) is 0 Å². The molecule has 0 radical (unpaired) electrons. The summed E-state index contributed by atoms with van der Waals surface area (Å²) in [4.78, 5) is 4.01. The monoisotopic (exact) mass is 384 g/mol. The van der Waals surface area contributed by atoms with Gasteiger partial charge in [0.25, 0.3) is 0 Å². The third-order valence-electron chi connectivity index (χ3n) is 4.36. The van der Waals surface area contributed by atoms with Gasteiger partial charge in [0.15, 0.2) is 0 Å². The fraction of sp³-hybridized carbons (Fsp3) is 0.143. The summed E-state index contributed by atoms with van der Waals surface area (Å²) in [6, 6.07) is 26.2. The van der Waals surface area contributed by atoms with Gasteiger partial charge in [-0.25, -0.2) is 0 Å². The van der Waals surface area contributed by atoms with Crippen LogP contribution in [-0.2, 0) is 0 Å². The van der Waals surface area contributed by atoms with Crippen LogP contribution in [0.2, 0.25) is 0 Å². The second-order valence-corrected chi connectivity index (χ2v) is 11.2. The molecule has 3 aromatic carbocycles. The molecule has 0 aliphatic heterocycles. The molecule has 0 unspecified atom stereocenters. The van der Waals surface area contributed by atoms with Crippen LogP contribution in [0, 0.1) is 20.8 Å². The molecule has 0 heterocycles. The lowest BCUT2D eigenvalue weighted by Gasteiger charge is -2.35. The van der Waals surface area contributed by atoms with Crippen molar-refractivity contribution in [2.45, 2.75) is 35.5 Å². The van der Waals surface area contributed by atoms with E-state index in [1.54, 1.807) is 0 Å². The van der Waals surface area contributed by atoms with Gasteiger partial charge >= 0.3 is 0 Å². The Hall–Kier alpha value is -1.51. The molecule has 3 aromatic rings. The van der Waals surface area contributed by atoms with Crippen LogP contribution in [0.15, 0.2) is 87.5 Å². The van der Waals surface area contributed by atoms with E-state index in [1.807, 2.05) is 0 Å². The third-order valence-corrected chi connectivity index (χ3v) is 10.5. The van der Waals surface area contributed by atoms with E-state index in [4.69, 9.17) is 0 Å². The van der Waals surface area contributed by atoms with E-state index in [2.05, 4.69) is 108 Å². The Morgan fingerprint density at radius 3 is 1.39 bits per heavy atom. The molecule has 0 saturated carbocycles. The van der Waals surface area contributed by atoms with Gasteiger partial charge in [-0.2, -0.15) is 0 Å². The molecule has 0 bridgehead atoms. The van der Waals surface area contributed by atoms with Crippen molar-refractivity contribution in [2.24, 2.45) is 0 Å². The van der Waals surface area contributed by atoms with Gasteiger partial charge in [-0.3, -0.25) is 0 Å². The average molecular weight is 385 g/mol. The quantitative estimate of drug-likeness (QED) is 0.447. The summed E-state index contributed by atoms with van der Waals surface area (Å²) in [6.45, 7) is 6.61. The van der Waals surface area contributed by atoms with E-state index < -0.39 is 8.46 Å². The molecule has 118 valence electrons. The van der Waals surface area contributed by atoms with Crippen molar-refractivity contribution < 1.29 is 0 Å². The summed E-state index contributed by atoms with van der Waals surface area (Å²) in [6.07, 6.45) is 0. The molecular weight excluding hydrogens is 364 g/mol. The van der Waals surface area contributed by atoms with Gasteiger partial charge < -0.3 is 0 Å². The molecule has 0 N–H and O–H groups in total. The van der Waals surface area contributed by atoms with Crippen LogP contribution in [0.1, 0.15) is 16.7 Å². The van der Waals surface area contributed by atoms with Gasteiger partial charge in [-0.15, -0.1) is 8.46 Å². The Balaban J connectivity index is 2.29. The molecule has 0 aliphatic carbocycles. The number of halogens is 1. The van der Waals surface area contributed by atoms with Crippen molar-refractivity contribution in [2.75, 3.05) is 0 Å². The maximum atomic E-state index is 4.19. The minimum absolute atomic E-state index is 1.33. The highest BCUT2D eigenvalue weighted by molar-refractivity contribution is 9.58. The molecule has 0 aliphatic rings. The van der Waals surface area contributed by atoms with Gasteiger partial charge in [-0.05, 0) is 88.7 Å². The van der Waals surface area contributed by atoms with Crippen LogP contribution in [0.25, 0.3) is 0 Å². The second kappa shape index (κ2) is 6.54.